The summed E-state index contributed by atoms with van der Waals surface area (Å²) >= 11 is 0. The zero-order valence-electron chi connectivity index (χ0n) is 14.2. The SMILES string of the molecule is C[C@@H](/C=C/CC(C)(C)O)[C@H]1CC[C@H]2[C@@H](C)CCC[C@]12C. The predicted molar refractivity (Wildman–Crippen MR) is 86.6 cm³/mol. The summed E-state index contributed by atoms with van der Waals surface area (Å²) in [6.07, 6.45) is 12.5. The Kier molecular flexibility index (Phi) is 4.69. The minimum atomic E-state index is -0.572. The van der Waals surface area contributed by atoms with E-state index in [1.165, 1.54) is 32.1 Å². The maximum absolute atomic E-state index is 9.82. The monoisotopic (exact) mass is 278 g/mol. The van der Waals surface area contributed by atoms with Crippen LogP contribution in [0.3, 0.4) is 0 Å². The van der Waals surface area contributed by atoms with Crippen LogP contribution in [0.5, 0.6) is 0 Å². The van der Waals surface area contributed by atoms with Gasteiger partial charge in [0.15, 0.2) is 0 Å². The van der Waals surface area contributed by atoms with Crippen LogP contribution in [0.4, 0.5) is 0 Å². The van der Waals surface area contributed by atoms with Crippen molar-refractivity contribution in [2.24, 2.45) is 29.1 Å². The number of hydrogen-bond donors (Lipinski definition) is 1. The van der Waals surface area contributed by atoms with E-state index >= 15 is 0 Å². The second kappa shape index (κ2) is 5.83. The van der Waals surface area contributed by atoms with E-state index < -0.39 is 5.60 Å². The van der Waals surface area contributed by atoms with Crippen LogP contribution < -0.4 is 0 Å². The van der Waals surface area contributed by atoms with Crippen LogP contribution in [0, 0.1) is 29.1 Å². The van der Waals surface area contributed by atoms with Crippen molar-refractivity contribution in [3.05, 3.63) is 12.2 Å². The van der Waals surface area contributed by atoms with Gasteiger partial charge in [-0.2, -0.15) is 0 Å². The average Bonchev–Trinajstić information content (AvgIpc) is 2.66. The molecule has 2 rings (SSSR count). The van der Waals surface area contributed by atoms with Gasteiger partial charge in [-0.25, -0.2) is 0 Å². The lowest BCUT2D eigenvalue weighted by molar-refractivity contribution is 0.0451. The smallest absolute Gasteiger partial charge is 0.0626 e. The lowest BCUT2D eigenvalue weighted by atomic mass is 9.60. The Morgan fingerprint density at radius 1 is 1.30 bits per heavy atom. The predicted octanol–water partition coefficient (Wildman–Crippen LogP) is 5.19. The Morgan fingerprint density at radius 3 is 2.65 bits per heavy atom. The van der Waals surface area contributed by atoms with Crippen molar-refractivity contribution in [3.63, 3.8) is 0 Å². The Balaban J connectivity index is 2.02. The molecule has 0 saturated heterocycles. The molecule has 2 fully saturated rings. The van der Waals surface area contributed by atoms with E-state index in [-0.39, 0.29) is 0 Å². The van der Waals surface area contributed by atoms with Crippen molar-refractivity contribution in [3.8, 4) is 0 Å². The molecule has 1 N–H and O–H groups in total. The highest BCUT2D eigenvalue weighted by Gasteiger charge is 2.50. The molecule has 0 spiro atoms. The van der Waals surface area contributed by atoms with Gasteiger partial charge in [0.1, 0.15) is 0 Å². The van der Waals surface area contributed by atoms with Gasteiger partial charge in [-0.05, 0) is 68.6 Å². The van der Waals surface area contributed by atoms with E-state index in [1.54, 1.807) is 0 Å². The summed E-state index contributed by atoms with van der Waals surface area (Å²) in [4.78, 5) is 0. The highest BCUT2D eigenvalue weighted by Crippen LogP contribution is 2.59. The first kappa shape index (κ1) is 16.1. The quantitative estimate of drug-likeness (QED) is 0.701. The van der Waals surface area contributed by atoms with Crippen LogP contribution in [0.15, 0.2) is 12.2 Å². The van der Waals surface area contributed by atoms with Gasteiger partial charge in [0.25, 0.3) is 0 Å². The Morgan fingerprint density at radius 2 is 2.00 bits per heavy atom. The van der Waals surface area contributed by atoms with E-state index in [0.717, 1.165) is 24.2 Å². The van der Waals surface area contributed by atoms with Gasteiger partial charge in [-0.3, -0.25) is 0 Å². The van der Waals surface area contributed by atoms with Gasteiger partial charge >= 0.3 is 0 Å². The normalized spacial score (nSPS) is 40.0. The molecular weight excluding hydrogens is 244 g/mol. The molecule has 1 heteroatoms. The van der Waals surface area contributed by atoms with Gasteiger partial charge in [0, 0.05) is 0 Å². The van der Waals surface area contributed by atoms with E-state index in [0.29, 0.717) is 11.3 Å². The van der Waals surface area contributed by atoms with E-state index in [9.17, 15) is 5.11 Å². The first-order valence-electron chi connectivity index (χ1n) is 8.63. The van der Waals surface area contributed by atoms with Gasteiger partial charge in [0.2, 0.25) is 0 Å². The number of hydrogen-bond acceptors (Lipinski definition) is 1. The van der Waals surface area contributed by atoms with Gasteiger partial charge < -0.3 is 5.11 Å². The number of fused-ring (bicyclic) bond motifs is 1. The van der Waals surface area contributed by atoms with Crippen LogP contribution in [0.2, 0.25) is 0 Å². The highest BCUT2D eigenvalue weighted by molar-refractivity contribution is 5.04. The topological polar surface area (TPSA) is 20.2 Å². The number of rotatable bonds is 4. The van der Waals surface area contributed by atoms with Crippen molar-refractivity contribution >= 4 is 0 Å². The molecule has 2 aliphatic rings. The molecule has 0 bridgehead atoms. The van der Waals surface area contributed by atoms with E-state index in [4.69, 9.17) is 0 Å². The summed E-state index contributed by atoms with van der Waals surface area (Å²) in [7, 11) is 0. The highest BCUT2D eigenvalue weighted by atomic mass is 16.3. The van der Waals surface area contributed by atoms with Gasteiger partial charge in [-0.1, -0.05) is 45.8 Å². The fraction of sp³-hybridized carbons (Fsp3) is 0.895. The second-order valence-corrected chi connectivity index (χ2v) is 8.47. The molecule has 0 aromatic rings. The Hall–Kier alpha value is -0.300. The number of aliphatic hydroxyl groups is 1. The molecule has 0 aromatic heterocycles. The molecule has 0 heterocycles. The van der Waals surface area contributed by atoms with E-state index in [2.05, 4.69) is 32.9 Å². The largest absolute Gasteiger partial charge is 0.390 e. The molecule has 0 aromatic carbocycles. The zero-order chi connectivity index (χ0) is 15.0. The maximum Gasteiger partial charge on any atom is 0.0626 e. The van der Waals surface area contributed by atoms with Crippen molar-refractivity contribution in [2.45, 2.75) is 78.7 Å². The molecule has 5 atom stereocenters. The van der Waals surface area contributed by atoms with Crippen molar-refractivity contribution in [1.82, 2.24) is 0 Å². The minimum absolute atomic E-state index is 0.566. The van der Waals surface area contributed by atoms with Crippen LogP contribution in [-0.2, 0) is 0 Å². The molecule has 0 unspecified atom stereocenters. The van der Waals surface area contributed by atoms with Crippen LogP contribution in [-0.4, -0.2) is 10.7 Å². The molecule has 1 nitrogen and oxygen atoms in total. The third-order valence-corrected chi connectivity index (χ3v) is 6.24. The van der Waals surface area contributed by atoms with Gasteiger partial charge in [-0.15, -0.1) is 0 Å². The minimum Gasteiger partial charge on any atom is -0.390 e. The molecule has 0 amide bonds. The third kappa shape index (κ3) is 3.30. The molecule has 20 heavy (non-hydrogen) atoms. The molecular formula is C19H34O. The van der Waals surface area contributed by atoms with Crippen molar-refractivity contribution < 1.29 is 5.11 Å². The molecule has 0 radical (unpaired) electrons. The second-order valence-electron chi connectivity index (χ2n) is 8.47. The standard InChI is InChI=1S/C19H34O/c1-14(8-6-12-18(3,4)20)16-10-11-17-15(2)9-7-13-19(16,17)5/h6,8,14-17,20H,7,9-13H2,1-5H3/b8-6+/t14-,15-,16+,17-,19+/m0/s1. The summed E-state index contributed by atoms with van der Waals surface area (Å²) in [5.41, 5.74) is -0.00611. The van der Waals surface area contributed by atoms with Crippen molar-refractivity contribution in [2.75, 3.05) is 0 Å². The fourth-order valence-corrected chi connectivity index (χ4v) is 5.17. The van der Waals surface area contributed by atoms with E-state index in [1.807, 2.05) is 13.8 Å². The summed E-state index contributed by atoms with van der Waals surface area (Å²) in [6, 6.07) is 0. The molecule has 2 saturated carbocycles. The summed E-state index contributed by atoms with van der Waals surface area (Å²) in [5, 5.41) is 9.82. The molecule has 2 aliphatic carbocycles. The van der Waals surface area contributed by atoms with Crippen LogP contribution in [0.25, 0.3) is 0 Å². The fourth-order valence-electron chi connectivity index (χ4n) is 5.17. The lowest BCUT2D eigenvalue weighted by Crippen LogP contribution is -2.37. The van der Waals surface area contributed by atoms with Crippen LogP contribution in [0.1, 0.15) is 73.1 Å². The summed E-state index contributed by atoms with van der Waals surface area (Å²) in [5.74, 6) is 3.36. The maximum atomic E-state index is 9.82. The van der Waals surface area contributed by atoms with Crippen molar-refractivity contribution in [1.29, 1.82) is 0 Å². The van der Waals surface area contributed by atoms with Crippen LogP contribution >= 0.6 is 0 Å². The Labute approximate surface area is 125 Å². The lowest BCUT2D eigenvalue weighted by Gasteiger charge is -2.45. The Bertz CT molecular complexity index is 351. The average molecular weight is 278 g/mol. The first-order valence-corrected chi connectivity index (χ1v) is 8.63. The summed E-state index contributed by atoms with van der Waals surface area (Å²) < 4.78 is 0. The zero-order valence-corrected chi connectivity index (χ0v) is 14.2. The summed E-state index contributed by atoms with van der Waals surface area (Å²) in [6.45, 7) is 11.2. The molecule has 0 aliphatic heterocycles. The number of allylic oxidation sites excluding steroid dienone is 1. The van der Waals surface area contributed by atoms with Gasteiger partial charge in [0.05, 0.1) is 5.60 Å². The molecule has 116 valence electrons. The first-order chi connectivity index (χ1) is 9.24. The third-order valence-electron chi connectivity index (χ3n) is 6.24.